The second-order valence-corrected chi connectivity index (χ2v) is 12.0. The van der Waals surface area contributed by atoms with E-state index >= 15 is 0 Å². The summed E-state index contributed by atoms with van der Waals surface area (Å²) in [6.45, 7) is 7.09. The number of amides is 2. The number of hydrogen-bond donors (Lipinski definition) is 3. The topological polar surface area (TPSA) is 82.2 Å². The number of benzene rings is 1. The summed E-state index contributed by atoms with van der Waals surface area (Å²) in [6, 6.07) is 13.5. The number of aromatic nitrogens is 2. The lowest BCUT2D eigenvalue weighted by molar-refractivity contribution is 0.233. The van der Waals surface area contributed by atoms with Gasteiger partial charge in [-0.2, -0.15) is 0 Å². The van der Waals surface area contributed by atoms with Gasteiger partial charge in [-0.15, -0.1) is 11.3 Å². The number of nitrogens with one attached hydrogen (secondary N) is 3. The molecule has 0 spiro atoms. The third-order valence-corrected chi connectivity index (χ3v) is 8.69. The highest BCUT2D eigenvalue weighted by atomic mass is 32.1. The van der Waals surface area contributed by atoms with E-state index in [2.05, 4.69) is 50.1 Å². The minimum atomic E-state index is -0.306. The quantitative estimate of drug-likeness (QED) is 0.268. The van der Waals surface area contributed by atoms with Gasteiger partial charge in [0.25, 0.3) is 0 Å². The lowest BCUT2D eigenvalue weighted by Crippen LogP contribution is -2.42. The number of halogens is 1. The molecule has 0 unspecified atom stereocenters. The second kappa shape index (κ2) is 12.0. The molecular formula is C31H35FN6OS. The number of carbonyl (C=O) groups excluding carboxylic acids is 1. The Kier molecular flexibility index (Phi) is 8.04. The van der Waals surface area contributed by atoms with Gasteiger partial charge in [0.2, 0.25) is 0 Å². The highest BCUT2D eigenvalue weighted by molar-refractivity contribution is 7.22. The first-order valence-corrected chi connectivity index (χ1v) is 14.9. The Labute approximate surface area is 238 Å². The number of rotatable bonds is 6. The van der Waals surface area contributed by atoms with E-state index < -0.39 is 0 Å². The summed E-state index contributed by atoms with van der Waals surface area (Å²) in [6.07, 6.45) is 8.72. The average Bonchev–Trinajstić information content (AvgIpc) is 3.90. The Bertz CT molecular complexity index is 1480. The maximum absolute atomic E-state index is 13.1. The molecule has 2 amide bonds. The maximum Gasteiger partial charge on any atom is 0.319 e. The van der Waals surface area contributed by atoms with E-state index in [9.17, 15) is 9.18 Å². The SMILES string of the molecule is Cc1ccc(NC(=O)NC2CC2)cc1F.c1cc(C2CC2)c2sc(-c3ccc(CN4CCNCC4)cn3)cc2n1. The minimum Gasteiger partial charge on any atom is -0.335 e. The van der Waals surface area contributed by atoms with Gasteiger partial charge in [-0.25, -0.2) is 9.18 Å². The molecule has 7 rings (SSSR count). The summed E-state index contributed by atoms with van der Waals surface area (Å²) in [5.41, 5.74) is 6.02. The number of nitrogens with zero attached hydrogens (tertiary/aromatic N) is 3. The largest absolute Gasteiger partial charge is 0.335 e. The molecule has 3 aromatic heterocycles. The van der Waals surface area contributed by atoms with Crippen molar-refractivity contribution in [3.8, 4) is 10.6 Å². The molecule has 9 heteroatoms. The smallest absolute Gasteiger partial charge is 0.319 e. The number of anilines is 1. The van der Waals surface area contributed by atoms with Gasteiger partial charge in [0.1, 0.15) is 5.82 Å². The summed E-state index contributed by atoms with van der Waals surface area (Å²) in [4.78, 5) is 24.3. The van der Waals surface area contributed by atoms with Gasteiger partial charge in [0, 0.05) is 56.8 Å². The van der Waals surface area contributed by atoms with Crippen molar-refractivity contribution >= 4 is 33.3 Å². The Morgan fingerprint density at radius 2 is 1.90 bits per heavy atom. The van der Waals surface area contributed by atoms with Crippen molar-refractivity contribution in [1.29, 1.82) is 0 Å². The van der Waals surface area contributed by atoms with E-state index in [1.54, 1.807) is 19.1 Å². The summed E-state index contributed by atoms with van der Waals surface area (Å²) < 4.78 is 14.5. The number of pyridine rings is 2. The van der Waals surface area contributed by atoms with Gasteiger partial charge in [-0.05, 0) is 85.5 Å². The average molecular weight is 559 g/mol. The fourth-order valence-electron chi connectivity index (χ4n) is 4.84. The van der Waals surface area contributed by atoms with Gasteiger partial charge >= 0.3 is 6.03 Å². The molecule has 4 heterocycles. The van der Waals surface area contributed by atoms with Crippen LogP contribution in [-0.4, -0.2) is 53.1 Å². The molecule has 208 valence electrons. The summed E-state index contributed by atoms with van der Waals surface area (Å²) in [7, 11) is 0. The minimum absolute atomic E-state index is 0.263. The lowest BCUT2D eigenvalue weighted by Gasteiger charge is -2.27. The predicted molar refractivity (Wildman–Crippen MR) is 159 cm³/mol. The summed E-state index contributed by atoms with van der Waals surface area (Å²) in [5, 5.41) is 8.75. The van der Waals surface area contributed by atoms with E-state index in [0.29, 0.717) is 17.3 Å². The van der Waals surface area contributed by atoms with Crippen LogP contribution in [0.4, 0.5) is 14.9 Å². The molecule has 0 radical (unpaired) electrons. The zero-order valence-electron chi connectivity index (χ0n) is 22.8. The van der Waals surface area contributed by atoms with E-state index in [1.165, 1.54) is 39.6 Å². The molecule has 1 aromatic carbocycles. The third-order valence-electron chi connectivity index (χ3n) is 7.49. The Morgan fingerprint density at radius 1 is 1.07 bits per heavy atom. The van der Waals surface area contributed by atoms with Crippen molar-refractivity contribution in [1.82, 2.24) is 25.5 Å². The molecule has 1 aliphatic heterocycles. The number of thiophene rings is 1. The first-order valence-electron chi connectivity index (χ1n) is 14.1. The van der Waals surface area contributed by atoms with Crippen LogP contribution < -0.4 is 16.0 Å². The van der Waals surface area contributed by atoms with Crippen molar-refractivity contribution in [2.24, 2.45) is 0 Å². The number of carbonyl (C=O) groups is 1. The summed E-state index contributed by atoms with van der Waals surface area (Å²) >= 11 is 1.84. The zero-order valence-corrected chi connectivity index (χ0v) is 23.6. The van der Waals surface area contributed by atoms with Gasteiger partial charge in [-0.3, -0.25) is 14.9 Å². The van der Waals surface area contributed by atoms with E-state index in [-0.39, 0.29) is 11.8 Å². The van der Waals surface area contributed by atoms with Crippen LogP contribution >= 0.6 is 11.3 Å². The Morgan fingerprint density at radius 3 is 2.60 bits per heavy atom. The van der Waals surface area contributed by atoms with Gasteiger partial charge in [-0.1, -0.05) is 12.1 Å². The molecule has 2 aliphatic carbocycles. The van der Waals surface area contributed by atoms with E-state index in [1.807, 2.05) is 23.7 Å². The number of aryl methyl sites for hydroxylation is 1. The van der Waals surface area contributed by atoms with Crippen molar-refractivity contribution < 1.29 is 9.18 Å². The third kappa shape index (κ3) is 6.83. The Balaban J connectivity index is 0.000000165. The molecule has 3 fully saturated rings. The highest BCUT2D eigenvalue weighted by Gasteiger charge is 2.26. The molecule has 2 saturated carbocycles. The van der Waals surface area contributed by atoms with Gasteiger partial charge in [0.05, 0.1) is 20.8 Å². The molecule has 0 atom stereocenters. The number of fused-ring (bicyclic) bond motifs is 1. The van der Waals surface area contributed by atoms with E-state index in [0.717, 1.165) is 62.7 Å². The highest BCUT2D eigenvalue weighted by Crippen LogP contribution is 2.45. The molecule has 0 bridgehead atoms. The number of piperazine rings is 1. The number of hydrogen-bond acceptors (Lipinski definition) is 6. The van der Waals surface area contributed by atoms with Crippen molar-refractivity contribution in [3.05, 3.63) is 77.4 Å². The second-order valence-electron chi connectivity index (χ2n) is 10.9. The monoisotopic (exact) mass is 558 g/mol. The molecule has 3 N–H and O–H groups in total. The van der Waals surface area contributed by atoms with Crippen LogP contribution in [0.25, 0.3) is 20.8 Å². The molecular weight excluding hydrogens is 523 g/mol. The molecule has 40 heavy (non-hydrogen) atoms. The van der Waals surface area contributed by atoms with Crippen LogP contribution in [-0.2, 0) is 6.54 Å². The number of urea groups is 1. The van der Waals surface area contributed by atoms with Crippen LogP contribution in [0.15, 0.2) is 54.9 Å². The Hall–Kier alpha value is -3.40. The molecule has 4 aromatic rings. The van der Waals surface area contributed by atoms with Crippen molar-refractivity contribution in [2.45, 2.75) is 51.1 Å². The lowest BCUT2D eigenvalue weighted by atomic mass is 10.1. The predicted octanol–water partition coefficient (Wildman–Crippen LogP) is 6.06. The first-order chi connectivity index (χ1) is 19.5. The fraction of sp³-hybridized carbons (Fsp3) is 0.387. The van der Waals surface area contributed by atoms with Crippen LogP contribution in [0.2, 0.25) is 0 Å². The van der Waals surface area contributed by atoms with Crippen molar-refractivity contribution in [2.75, 3.05) is 31.5 Å². The molecule has 7 nitrogen and oxygen atoms in total. The fourth-order valence-corrected chi connectivity index (χ4v) is 6.03. The van der Waals surface area contributed by atoms with E-state index in [4.69, 9.17) is 4.98 Å². The first kappa shape index (κ1) is 26.8. The van der Waals surface area contributed by atoms with Crippen LogP contribution in [0.3, 0.4) is 0 Å². The normalized spacial score (nSPS) is 17.2. The van der Waals surface area contributed by atoms with Gasteiger partial charge in [0.15, 0.2) is 0 Å². The van der Waals surface area contributed by atoms with Gasteiger partial charge < -0.3 is 16.0 Å². The molecule has 3 aliphatic rings. The maximum atomic E-state index is 13.1. The molecule has 1 saturated heterocycles. The zero-order chi connectivity index (χ0) is 27.5. The van der Waals surface area contributed by atoms with Crippen molar-refractivity contribution in [3.63, 3.8) is 0 Å². The van der Waals surface area contributed by atoms with Crippen LogP contribution in [0, 0.1) is 12.7 Å². The standard InChI is InChI=1S/C20H22N4S.C11H13FN2O/c1-4-17(23-12-14(1)13-24-9-7-21-8-10-24)19-11-18-20(25-19)16(5-6-22-18)15-2-3-15;1-7-2-3-9(6-10(7)12)14-11(15)13-8-4-5-8/h1,4-6,11-12,15,21H,2-3,7-10,13H2;2-3,6,8H,4-5H2,1H3,(H2,13,14,15). The van der Waals surface area contributed by atoms with Crippen LogP contribution in [0.5, 0.6) is 0 Å². The van der Waals surface area contributed by atoms with Crippen LogP contribution in [0.1, 0.15) is 48.3 Å². The summed E-state index contributed by atoms with van der Waals surface area (Å²) in [5.74, 6) is 0.450.